The second-order valence-electron chi connectivity index (χ2n) is 5.81. The molecule has 5 heteroatoms. The maximum atomic E-state index is 11.5. The zero-order chi connectivity index (χ0) is 13.3. The highest BCUT2D eigenvalue weighted by molar-refractivity contribution is 5.67. The smallest absolute Gasteiger partial charge is 0.407 e. The van der Waals surface area contributed by atoms with Gasteiger partial charge in [0.2, 0.25) is 0 Å². The van der Waals surface area contributed by atoms with E-state index in [1.54, 1.807) is 0 Å². The number of hydrogen-bond acceptors (Lipinski definition) is 3. The van der Waals surface area contributed by atoms with E-state index >= 15 is 0 Å². The Morgan fingerprint density at radius 2 is 2.22 bits per heavy atom. The Bertz CT molecular complexity index is 442. The third-order valence-corrected chi connectivity index (χ3v) is 2.80. The van der Waals surface area contributed by atoms with Crippen molar-refractivity contribution >= 4 is 6.09 Å². The highest BCUT2D eigenvalue weighted by atomic mass is 16.6. The number of nitrogens with zero attached hydrogens (tertiary/aromatic N) is 2. The lowest BCUT2D eigenvalue weighted by Crippen LogP contribution is -2.32. The van der Waals surface area contributed by atoms with Crippen molar-refractivity contribution < 1.29 is 9.53 Å². The van der Waals surface area contributed by atoms with Crippen LogP contribution in [-0.2, 0) is 18.3 Å². The molecule has 2 rings (SSSR count). The maximum absolute atomic E-state index is 11.5. The minimum atomic E-state index is -0.463. The van der Waals surface area contributed by atoms with Gasteiger partial charge < -0.3 is 10.1 Å². The van der Waals surface area contributed by atoms with Gasteiger partial charge in [0.15, 0.2) is 0 Å². The molecule has 1 aromatic heterocycles. The molecular formula is C13H21N3O2. The molecule has 0 bridgehead atoms. The summed E-state index contributed by atoms with van der Waals surface area (Å²) >= 11 is 0. The number of alkyl carbamates (subject to hydrolysis) is 1. The summed E-state index contributed by atoms with van der Waals surface area (Å²) in [5.74, 6) is 0.631. The van der Waals surface area contributed by atoms with Gasteiger partial charge >= 0.3 is 6.09 Å². The zero-order valence-corrected chi connectivity index (χ0v) is 11.5. The summed E-state index contributed by atoms with van der Waals surface area (Å²) in [6.45, 7) is 6.00. The fourth-order valence-corrected chi connectivity index (χ4v) is 1.75. The molecule has 0 aromatic carbocycles. The van der Waals surface area contributed by atoms with Gasteiger partial charge in [-0.2, -0.15) is 5.10 Å². The molecule has 5 nitrogen and oxygen atoms in total. The number of amides is 1. The number of aromatic nitrogens is 2. The zero-order valence-electron chi connectivity index (χ0n) is 11.5. The van der Waals surface area contributed by atoms with Gasteiger partial charge in [-0.15, -0.1) is 0 Å². The summed E-state index contributed by atoms with van der Waals surface area (Å²) in [6.07, 6.45) is 2.07. The fourth-order valence-electron chi connectivity index (χ4n) is 1.75. The van der Waals surface area contributed by atoms with Crippen LogP contribution < -0.4 is 5.32 Å². The molecule has 0 atom stereocenters. The van der Waals surface area contributed by atoms with Crippen molar-refractivity contribution in [2.24, 2.45) is 7.05 Å². The number of carbonyl (C=O) groups excluding carboxylic acids is 1. The van der Waals surface area contributed by atoms with Crippen LogP contribution in [0.1, 0.15) is 50.9 Å². The van der Waals surface area contributed by atoms with Crippen LogP contribution in [0.15, 0.2) is 6.07 Å². The van der Waals surface area contributed by atoms with Crippen LogP contribution >= 0.6 is 0 Å². The van der Waals surface area contributed by atoms with E-state index in [9.17, 15) is 4.79 Å². The van der Waals surface area contributed by atoms with Crippen molar-refractivity contribution in [2.45, 2.75) is 51.7 Å². The van der Waals surface area contributed by atoms with Gasteiger partial charge in [-0.05, 0) is 39.7 Å². The molecule has 100 valence electrons. The summed E-state index contributed by atoms with van der Waals surface area (Å²) in [7, 11) is 1.90. The van der Waals surface area contributed by atoms with E-state index in [0.717, 1.165) is 11.4 Å². The Balaban J connectivity index is 1.87. The number of rotatable bonds is 3. The van der Waals surface area contributed by atoms with Crippen LogP contribution in [0.5, 0.6) is 0 Å². The Labute approximate surface area is 108 Å². The molecule has 1 aromatic rings. The maximum Gasteiger partial charge on any atom is 0.407 e. The summed E-state index contributed by atoms with van der Waals surface area (Å²) < 4.78 is 7.01. The van der Waals surface area contributed by atoms with Crippen LogP contribution in [0.4, 0.5) is 4.79 Å². The van der Waals surface area contributed by atoms with Crippen LogP contribution in [0.25, 0.3) is 0 Å². The molecule has 1 N–H and O–H groups in total. The first kappa shape index (κ1) is 12.9. The first-order valence-corrected chi connectivity index (χ1v) is 6.35. The van der Waals surface area contributed by atoms with Gasteiger partial charge in [0.25, 0.3) is 0 Å². The van der Waals surface area contributed by atoms with E-state index in [1.807, 2.05) is 32.5 Å². The molecule has 1 aliphatic rings. The van der Waals surface area contributed by atoms with Crippen LogP contribution in [0.2, 0.25) is 0 Å². The number of carbonyl (C=O) groups is 1. The SMILES string of the molecule is Cn1nc(C2CC2)cc1CNC(=O)OC(C)(C)C. The monoisotopic (exact) mass is 251 g/mol. The highest BCUT2D eigenvalue weighted by Crippen LogP contribution is 2.39. The molecule has 1 saturated carbocycles. The van der Waals surface area contributed by atoms with Crippen molar-refractivity contribution in [3.63, 3.8) is 0 Å². The van der Waals surface area contributed by atoms with E-state index in [4.69, 9.17) is 4.74 Å². The van der Waals surface area contributed by atoms with Gasteiger partial charge in [-0.3, -0.25) is 4.68 Å². The lowest BCUT2D eigenvalue weighted by Gasteiger charge is -2.19. The molecular weight excluding hydrogens is 230 g/mol. The molecule has 1 amide bonds. The molecule has 1 aliphatic carbocycles. The van der Waals surface area contributed by atoms with Gasteiger partial charge in [-0.25, -0.2) is 4.79 Å². The first-order valence-electron chi connectivity index (χ1n) is 6.35. The Kier molecular flexibility index (Phi) is 3.32. The van der Waals surface area contributed by atoms with Gasteiger partial charge in [-0.1, -0.05) is 0 Å². The number of ether oxygens (including phenoxy) is 1. The third kappa shape index (κ3) is 3.48. The van der Waals surface area contributed by atoms with Gasteiger partial charge in [0.1, 0.15) is 5.60 Å². The molecule has 1 fully saturated rings. The topological polar surface area (TPSA) is 56.2 Å². The first-order chi connectivity index (χ1) is 8.35. The largest absolute Gasteiger partial charge is 0.444 e. The lowest BCUT2D eigenvalue weighted by molar-refractivity contribution is 0.0522. The molecule has 0 radical (unpaired) electrons. The normalized spacial score (nSPS) is 15.6. The number of hydrogen-bond donors (Lipinski definition) is 1. The van der Waals surface area contributed by atoms with Crippen LogP contribution in [0.3, 0.4) is 0 Å². The van der Waals surface area contributed by atoms with E-state index in [1.165, 1.54) is 12.8 Å². The van der Waals surface area contributed by atoms with Crippen molar-refractivity contribution in [1.29, 1.82) is 0 Å². The van der Waals surface area contributed by atoms with Crippen LogP contribution in [-0.4, -0.2) is 21.5 Å². The quantitative estimate of drug-likeness (QED) is 0.897. The van der Waals surface area contributed by atoms with Gasteiger partial charge in [0.05, 0.1) is 17.9 Å². The van der Waals surface area contributed by atoms with E-state index < -0.39 is 11.7 Å². The van der Waals surface area contributed by atoms with E-state index in [2.05, 4.69) is 16.5 Å². The summed E-state index contributed by atoms with van der Waals surface area (Å²) in [4.78, 5) is 11.5. The predicted octanol–water partition coefficient (Wildman–Crippen LogP) is 2.32. The molecule has 0 unspecified atom stereocenters. The minimum Gasteiger partial charge on any atom is -0.444 e. The standard InChI is InChI=1S/C13H21N3O2/c1-13(2,3)18-12(17)14-8-10-7-11(9-5-6-9)15-16(10)4/h7,9H,5-6,8H2,1-4H3,(H,14,17). The average Bonchev–Trinajstić information content (AvgIpc) is 2.98. The van der Waals surface area contributed by atoms with Crippen LogP contribution in [0, 0.1) is 0 Å². The predicted molar refractivity (Wildman–Crippen MR) is 68.3 cm³/mol. The summed E-state index contributed by atoms with van der Waals surface area (Å²) in [5, 5.41) is 7.20. The minimum absolute atomic E-state index is 0.392. The molecule has 0 spiro atoms. The van der Waals surface area contributed by atoms with Crippen molar-refractivity contribution in [3.8, 4) is 0 Å². The third-order valence-electron chi connectivity index (χ3n) is 2.80. The average molecular weight is 251 g/mol. The lowest BCUT2D eigenvalue weighted by atomic mass is 10.2. The Hall–Kier alpha value is -1.52. The van der Waals surface area contributed by atoms with Gasteiger partial charge in [0, 0.05) is 13.0 Å². The Morgan fingerprint density at radius 3 is 2.78 bits per heavy atom. The summed E-state index contributed by atoms with van der Waals surface area (Å²) in [5.41, 5.74) is 1.68. The summed E-state index contributed by atoms with van der Waals surface area (Å²) in [6, 6.07) is 2.06. The fraction of sp³-hybridized carbons (Fsp3) is 0.692. The molecule has 1 heterocycles. The number of aryl methyl sites for hydroxylation is 1. The van der Waals surface area contributed by atoms with Crippen molar-refractivity contribution in [1.82, 2.24) is 15.1 Å². The van der Waals surface area contributed by atoms with E-state index in [-0.39, 0.29) is 0 Å². The molecule has 0 aliphatic heterocycles. The van der Waals surface area contributed by atoms with E-state index in [0.29, 0.717) is 12.5 Å². The Morgan fingerprint density at radius 1 is 1.56 bits per heavy atom. The molecule has 0 saturated heterocycles. The number of nitrogens with one attached hydrogen (secondary N) is 1. The second kappa shape index (κ2) is 4.63. The van der Waals surface area contributed by atoms with Crippen molar-refractivity contribution in [3.05, 3.63) is 17.5 Å². The van der Waals surface area contributed by atoms with Crippen molar-refractivity contribution in [2.75, 3.05) is 0 Å². The second-order valence-corrected chi connectivity index (χ2v) is 5.81. The highest BCUT2D eigenvalue weighted by Gasteiger charge is 2.26. The molecule has 18 heavy (non-hydrogen) atoms.